The summed E-state index contributed by atoms with van der Waals surface area (Å²) in [5.41, 5.74) is 14.3. The maximum atomic E-state index is 6.67. The van der Waals surface area contributed by atoms with Crippen LogP contribution in [0.3, 0.4) is 0 Å². The molecule has 0 bridgehead atoms. The highest BCUT2D eigenvalue weighted by atomic mass is 16.5. The molecule has 2 aromatic heterocycles. The van der Waals surface area contributed by atoms with Gasteiger partial charge in [0.15, 0.2) is 0 Å². The van der Waals surface area contributed by atoms with Crippen molar-refractivity contribution in [1.82, 2.24) is 9.13 Å². The van der Waals surface area contributed by atoms with Crippen molar-refractivity contribution in [3.8, 4) is 28.3 Å². The predicted octanol–water partition coefficient (Wildman–Crippen LogP) is 11.2. The van der Waals surface area contributed by atoms with E-state index in [9.17, 15) is 0 Å². The Labute approximate surface area is 314 Å². The van der Waals surface area contributed by atoms with E-state index >= 15 is 0 Å². The average molecular weight is 697 g/mol. The van der Waals surface area contributed by atoms with Crippen LogP contribution in [0.15, 0.2) is 163 Å². The molecule has 10 rings (SSSR count). The number of aryl methyl sites for hydroxylation is 3. The van der Waals surface area contributed by atoms with Gasteiger partial charge in [0.05, 0.1) is 40.5 Å². The van der Waals surface area contributed by atoms with Gasteiger partial charge in [-0.15, -0.1) is 0 Å². The van der Waals surface area contributed by atoms with Crippen LogP contribution in [-0.4, -0.2) is 14.8 Å². The summed E-state index contributed by atoms with van der Waals surface area (Å²) < 4.78 is 13.1. The first-order chi connectivity index (χ1) is 26.5. The van der Waals surface area contributed by atoms with E-state index in [1.807, 2.05) is 23.7 Å². The van der Waals surface area contributed by atoms with Gasteiger partial charge in [0.2, 0.25) is 6.33 Å². The van der Waals surface area contributed by atoms with Crippen molar-refractivity contribution in [2.75, 3.05) is 0 Å². The molecule has 0 radical (unpaired) electrons. The zero-order chi connectivity index (χ0) is 36.3. The van der Waals surface area contributed by atoms with Gasteiger partial charge in [0, 0.05) is 28.0 Å². The summed E-state index contributed by atoms with van der Waals surface area (Å²) in [6, 6.07) is 55.2. The third-order valence-electron chi connectivity index (χ3n) is 10.6. The monoisotopic (exact) mass is 696 g/mol. The minimum Gasteiger partial charge on any atom is -0.458 e. The molecule has 1 aliphatic rings. The molecule has 0 saturated carbocycles. The lowest BCUT2D eigenvalue weighted by Gasteiger charge is -2.21. The molecule has 54 heavy (non-hydrogen) atoms. The lowest BCUT2D eigenvalue weighted by molar-refractivity contribution is -0.572. The third kappa shape index (κ3) is 5.16. The van der Waals surface area contributed by atoms with Crippen LogP contribution in [0.25, 0.3) is 61.6 Å². The summed E-state index contributed by atoms with van der Waals surface area (Å²) in [4.78, 5) is 5.69. The first kappa shape index (κ1) is 31.7. The van der Waals surface area contributed by atoms with E-state index in [0.29, 0.717) is 0 Å². The van der Waals surface area contributed by atoms with Gasteiger partial charge in [0.25, 0.3) is 0 Å². The Kier molecular flexibility index (Phi) is 7.41. The van der Waals surface area contributed by atoms with Crippen LogP contribution in [0.4, 0.5) is 0 Å². The van der Waals surface area contributed by atoms with Crippen LogP contribution in [-0.2, 0) is 7.05 Å². The minimum atomic E-state index is 0.742. The molecule has 0 atom stereocenters. The summed E-state index contributed by atoms with van der Waals surface area (Å²) in [7, 11) is 2.02. The molecule has 0 unspecified atom stereocenters. The molecule has 3 heterocycles. The Morgan fingerprint density at radius 1 is 0.574 bits per heavy atom. The molecular weight excluding hydrogens is 661 g/mol. The summed E-state index contributed by atoms with van der Waals surface area (Å²) in [5, 5.41) is 2.29. The van der Waals surface area contributed by atoms with E-state index in [2.05, 4.69) is 181 Å². The van der Waals surface area contributed by atoms with Gasteiger partial charge in [-0.25, -0.2) is 4.99 Å². The van der Waals surface area contributed by atoms with Crippen molar-refractivity contribution in [2.45, 2.75) is 13.8 Å². The Morgan fingerprint density at radius 3 is 2.09 bits per heavy atom. The Morgan fingerprint density at radius 2 is 1.24 bits per heavy atom. The smallest absolute Gasteiger partial charge is 0.244 e. The van der Waals surface area contributed by atoms with Gasteiger partial charge in [-0.2, -0.15) is 0 Å². The highest BCUT2D eigenvalue weighted by Crippen LogP contribution is 2.40. The number of fused-ring (bicyclic) bond motifs is 7. The highest BCUT2D eigenvalue weighted by Gasteiger charge is 2.23. The van der Waals surface area contributed by atoms with Gasteiger partial charge >= 0.3 is 0 Å². The van der Waals surface area contributed by atoms with E-state index < -0.39 is 0 Å². The molecular formula is C49H36N4O. The minimum absolute atomic E-state index is 0.742. The fourth-order valence-corrected chi connectivity index (χ4v) is 8.11. The number of imidazole rings is 1. The molecule has 5 nitrogen and oxygen atoms in total. The van der Waals surface area contributed by atoms with Crippen molar-refractivity contribution in [3.05, 3.63) is 192 Å². The van der Waals surface area contributed by atoms with E-state index in [4.69, 9.17) is 9.73 Å². The Hall–Kier alpha value is -6.98. The molecule has 1 aliphatic heterocycles. The normalized spacial score (nSPS) is 14.5. The van der Waals surface area contributed by atoms with Gasteiger partial charge in [-0.1, -0.05) is 121 Å². The van der Waals surface area contributed by atoms with Gasteiger partial charge < -0.3 is 13.9 Å². The first-order valence-electron chi connectivity index (χ1n) is 18.3. The predicted molar refractivity (Wildman–Crippen MR) is 220 cm³/mol. The third-order valence-corrected chi connectivity index (χ3v) is 10.6. The number of benzene rings is 7. The maximum Gasteiger partial charge on any atom is 0.244 e. The van der Waals surface area contributed by atoms with Crippen molar-refractivity contribution >= 4 is 50.4 Å². The first-order valence-corrected chi connectivity index (χ1v) is 18.3. The second-order valence-corrected chi connectivity index (χ2v) is 14.0. The summed E-state index contributed by atoms with van der Waals surface area (Å²) in [6.45, 7) is 4.36. The second kappa shape index (κ2) is 12.6. The fourth-order valence-electron chi connectivity index (χ4n) is 8.11. The zero-order valence-electron chi connectivity index (χ0n) is 30.3. The highest BCUT2D eigenvalue weighted by molar-refractivity contribution is 6.21. The van der Waals surface area contributed by atoms with Crippen LogP contribution < -0.4 is 9.30 Å². The number of hydrogen-bond donors (Lipinski definition) is 0. The molecule has 0 spiro atoms. The van der Waals surface area contributed by atoms with Crippen molar-refractivity contribution in [3.63, 3.8) is 0 Å². The van der Waals surface area contributed by atoms with E-state index in [-0.39, 0.29) is 0 Å². The second-order valence-electron chi connectivity index (χ2n) is 14.0. The van der Waals surface area contributed by atoms with Crippen LogP contribution in [0.2, 0.25) is 0 Å². The summed E-state index contributed by atoms with van der Waals surface area (Å²) in [5.74, 6) is 2.32. The molecule has 258 valence electrons. The van der Waals surface area contributed by atoms with Crippen LogP contribution in [0.1, 0.15) is 27.8 Å². The molecule has 7 aromatic carbocycles. The molecule has 0 amide bonds. The summed E-state index contributed by atoms with van der Waals surface area (Å²) in [6.07, 6.45) is 5.68. The lowest BCUT2D eigenvalue weighted by atomic mass is 9.87. The number of para-hydroxylation sites is 3. The van der Waals surface area contributed by atoms with Crippen molar-refractivity contribution < 1.29 is 9.30 Å². The SMILES string of the molecule is Cc1cccc(C)c1/C1=N/C(n2c3ccccc3c3ccc(Oc4cccc(-[n+]5[c-]n(C)c6ccccc65)c4)cc32)=C\c2ccccc2-c2ccccc21. The number of aromatic nitrogens is 3. The molecule has 0 fully saturated rings. The van der Waals surface area contributed by atoms with E-state index in [0.717, 1.165) is 78.2 Å². The van der Waals surface area contributed by atoms with Gasteiger partial charge in [-0.3, -0.25) is 4.57 Å². The quantitative estimate of drug-likeness (QED) is 0.130. The largest absolute Gasteiger partial charge is 0.458 e. The topological polar surface area (TPSA) is 35.3 Å². The van der Waals surface area contributed by atoms with Gasteiger partial charge in [0.1, 0.15) is 17.3 Å². The molecule has 5 heteroatoms. The lowest BCUT2D eigenvalue weighted by Crippen LogP contribution is -2.29. The standard InChI is InChI=1S/C49H36N4O/c1-32-14-12-15-33(2)48(32)49-42-22-7-6-20-39(42)38-19-5-4-16-34(38)28-47(50-49)53-43-23-9-8-21-40(43)41-27-26-37(30-46(41)53)54-36-18-13-17-35(29-36)52-31-51(3)44-24-10-11-25-45(44)52/h4-30H,1-3H3/b34-28?,39-38?,47-28+,49-42?,50-47?,50-49+. The zero-order valence-corrected chi connectivity index (χ0v) is 30.3. The van der Waals surface area contributed by atoms with Crippen molar-refractivity contribution in [1.29, 1.82) is 0 Å². The van der Waals surface area contributed by atoms with E-state index in [1.54, 1.807) is 0 Å². The molecule has 0 aliphatic carbocycles. The number of hydrogen-bond acceptors (Lipinski definition) is 2. The fraction of sp³-hybridized carbons (Fsp3) is 0.0612. The van der Waals surface area contributed by atoms with Crippen LogP contribution in [0, 0.1) is 20.2 Å². The number of rotatable bonds is 5. The number of ether oxygens (including phenoxy) is 1. The number of aliphatic imine (C=N–C) groups is 1. The Balaban J connectivity index is 1.17. The number of nitrogens with zero attached hydrogens (tertiary/aromatic N) is 4. The van der Waals surface area contributed by atoms with Crippen LogP contribution >= 0.6 is 0 Å². The maximum absolute atomic E-state index is 6.67. The van der Waals surface area contributed by atoms with Crippen LogP contribution in [0.5, 0.6) is 11.5 Å². The molecule has 0 saturated heterocycles. The molecule has 9 aromatic rings. The average Bonchev–Trinajstić information content (AvgIpc) is 3.71. The summed E-state index contributed by atoms with van der Waals surface area (Å²) >= 11 is 0. The van der Waals surface area contributed by atoms with Gasteiger partial charge in [-0.05, 0) is 78.1 Å². The Bertz CT molecular complexity index is 2990. The van der Waals surface area contributed by atoms with Crippen molar-refractivity contribution in [2.24, 2.45) is 12.0 Å². The van der Waals surface area contributed by atoms with E-state index in [1.165, 1.54) is 22.3 Å². The molecule has 0 N–H and O–H groups in total.